The summed E-state index contributed by atoms with van der Waals surface area (Å²) in [5, 5.41) is 3.23. The molecule has 0 aliphatic carbocycles. The van der Waals surface area contributed by atoms with Gasteiger partial charge in [-0.05, 0) is 30.7 Å². The summed E-state index contributed by atoms with van der Waals surface area (Å²) >= 11 is 0. The first-order valence-electron chi connectivity index (χ1n) is 6.60. The summed E-state index contributed by atoms with van der Waals surface area (Å²) in [6.07, 6.45) is 0.657. The molecule has 1 atom stereocenters. The van der Waals surface area contributed by atoms with E-state index in [4.69, 9.17) is 4.74 Å². The third kappa shape index (κ3) is 5.20. The van der Waals surface area contributed by atoms with Crippen molar-refractivity contribution in [1.82, 2.24) is 5.32 Å². The number of methoxy groups -OCH3 is 1. The topological polar surface area (TPSA) is 55.4 Å². The van der Waals surface area contributed by atoms with Gasteiger partial charge in [0.1, 0.15) is 5.75 Å². The van der Waals surface area contributed by atoms with Gasteiger partial charge in [-0.25, -0.2) is 8.42 Å². The van der Waals surface area contributed by atoms with Gasteiger partial charge in [-0.1, -0.05) is 26.0 Å². The van der Waals surface area contributed by atoms with Crippen molar-refractivity contribution in [3.8, 4) is 5.75 Å². The van der Waals surface area contributed by atoms with Crippen LogP contribution in [0.3, 0.4) is 0 Å². The number of nitrogens with one attached hydrogen (secondary N) is 1. The Balaban J connectivity index is 2.87. The molecule has 1 rings (SSSR count). The van der Waals surface area contributed by atoms with Gasteiger partial charge >= 0.3 is 0 Å². The lowest BCUT2D eigenvalue weighted by molar-refractivity contribution is 0.414. The van der Waals surface area contributed by atoms with Crippen molar-refractivity contribution in [3.63, 3.8) is 0 Å². The zero-order chi connectivity index (χ0) is 14.3. The number of hydrogen-bond acceptors (Lipinski definition) is 4. The molecule has 108 valence electrons. The van der Waals surface area contributed by atoms with E-state index in [9.17, 15) is 8.42 Å². The van der Waals surface area contributed by atoms with Gasteiger partial charge in [0, 0.05) is 11.8 Å². The molecule has 1 N–H and O–H groups in total. The molecule has 0 amide bonds. The van der Waals surface area contributed by atoms with E-state index < -0.39 is 9.84 Å². The van der Waals surface area contributed by atoms with Gasteiger partial charge in [0.05, 0.1) is 12.9 Å². The van der Waals surface area contributed by atoms with E-state index >= 15 is 0 Å². The van der Waals surface area contributed by atoms with Gasteiger partial charge in [0.15, 0.2) is 9.84 Å². The minimum absolute atomic E-state index is 0.140. The van der Waals surface area contributed by atoms with E-state index in [-0.39, 0.29) is 17.5 Å². The van der Waals surface area contributed by atoms with Gasteiger partial charge in [0.25, 0.3) is 0 Å². The highest BCUT2D eigenvalue weighted by molar-refractivity contribution is 7.91. The van der Waals surface area contributed by atoms with Crippen LogP contribution in [0, 0.1) is 0 Å². The molecule has 1 unspecified atom stereocenters. The molecule has 5 heteroatoms. The third-order valence-corrected chi connectivity index (χ3v) is 4.78. The highest BCUT2D eigenvalue weighted by Crippen LogP contribution is 2.19. The van der Waals surface area contributed by atoms with Crippen LogP contribution in [0.25, 0.3) is 0 Å². The second-order valence-electron chi connectivity index (χ2n) is 4.50. The van der Waals surface area contributed by atoms with Crippen molar-refractivity contribution >= 4 is 9.84 Å². The van der Waals surface area contributed by atoms with Crippen LogP contribution in [-0.2, 0) is 9.84 Å². The van der Waals surface area contributed by atoms with Crippen LogP contribution in [0.2, 0.25) is 0 Å². The summed E-state index contributed by atoms with van der Waals surface area (Å²) in [4.78, 5) is 0. The van der Waals surface area contributed by atoms with Crippen LogP contribution in [0.15, 0.2) is 24.3 Å². The number of benzene rings is 1. The fourth-order valence-electron chi connectivity index (χ4n) is 2.00. The molecule has 0 saturated carbocycles. The van der Waals surface area contributed by atoms with Crippen molar-refractivity contribution in [2.45, 2.75) is 26.3 Å². The molecule has 0 heterocycles. The highest BCUT2D eigenvalue weighted by atomic mass is 32.2. The number of ether oxygens (including phenoxy) is 1. The molecule has 0 aliphatic rings. The van der Waals surface area contributed by atoms with Gasteiger partial charge in [-0.3, -0.25) is 0 Å². The number of rotatable bonds is 8. The normalized spacial score (nSPS) is 13.2. The van der Waals surface area contributed by atoms with Crippen LogP contribution in [0.1, 0.15) is 31.9 Å². The van der Waals surface area contributed by atoms with Crippen LogP contribution < -0.4 is 10.1 Å². The van der Waals surface area contributed by atoms with E-state index in [2.05, 4.69) is 5.32 Å². The summed E-state index contributed by atoms with van der Waals surface area (Å²) in [5.74, 6) is 1.15. The molecule has 1 aromatic carbocycles. The van der Waals surface area contributed by atoms with Crippen molar-refractivity contribution in [3.05, 3.63) is 29.8 Å². The lowest BCUT2D eigenvalue weighted by Gasteiger charge is -2.18. The van der Waals surface area contributed by atoms with Crippen molar-refractivity contribution < 1.29 is 13.2 Å². The Morgan fingerprint density at radius 1 is 1.21 bits per heavy atom. The standard InChI is InChI=1S/C14H23NO3S/c1-4-10-19(16,17)11-14(15-5-2)12-6-8-13(18-3)9-7-12/h6-9,14-15H,4-5,10-11H2,1-3H3. The predicted octanol–water partition coefficient (Wildman–Crippen LogP) is 2.17. The quantitative estimate of drug-likeness (QED) is 0.795. The van der Waals surface area contributed by atoms with Gasteiger partial charge in [0.2, 0.25) is 0 Å². The van der Waals surface area contributed by atoms with Crippen LogP contribution in [0.5, 0.6) is 5.75 Å². The SMILES string of the molecule is CCCS(=O)(=O)CC(NCC)c1ccc(OC)cc1. The molecular formula is C14H23NO3S. The zero-order valence-electron chi connectivity index (χ0n) is 11.8. The molecule has 0 saturated heterocycles. The second-order valence-corrected chi connectivity index (χ2v) is 6.73. The lowest BCUT2D eigenvalue weighted by atomic mass is 10.1. The first-order valence-corrected chi connectivity index (χ1v) is 8.42. The Labute approximate surface area is 116 Å². The predicted molar refractivity (Wildman–Crippen MR) is 78.4 cm³/mol. The maximum Gasteiger partial charge on any atom is 0.152 e. The molecule has 0 aliphatic heterocycles. The van der Waals surface area contributed by atoms with Crippen molar-refractivity contribution in [1.29, 1.82) is 0 Å². The molecule has 1 aromatic rings. The summed E-state index contributed by atoms with van der Waals surface area (Å²) in [7, 11) is -1.40. The molecule has 0 aromatic heterocycles. The minimum atomic E-state index is -3.01. The van der Waals surface area contributed by atoms with E-state index in [1.165, 1.54) is 0 Å². The molecule has 4 nitrogen and oxygen atoms in total. The van der Waals surface area contributed by atoms with Crippen LogP contribution in [-0.4, -0.2) is 33.6 Å². The van der Waals surface area contributed by atoms with Crippen LogP contribution in [0.4, 0.5) is 0 Å². The smallest absolute Gasteiger partial charge is 0.152 e. The number of hydrogen-bond donors (Lipinski definition) is 1. The van der Waals surface area contributed by atoms with Crippen molar-refractivity contribution in [2.24, 2.45) is 0 Å². The maximum atomic E-state index is 11.9. The Kier molecular flexibility index (Phi) is 6.31. The summed E-state index contributed by atoms with van der Waals surface area (Å²) in [5.41, 5.74) is 0.974. The second kappa shape index (κ2) is 7.50. The Bertz CT molecular complexity index is 468. The molecule has 0 spiro atoms. The van der Waals surface area contributed by atoms with Gasteiger partial charge in [-0.15, -0.1) is 0 Å². The average molecular weight is 285 g/mol. The van der Waals surface area contributed by atoms with E-state index in [1.807, 2.05) is 38.1 Å². The maximum absolute atomic E-state index is 11.9. The van der Waals surface area contributed by atoms with Gasteiger partial charge in [-0.2, -0.15) is 0 Å². The minimum Gasteiger partial charge on any atom is -0.497 e. The molecule has 19 heavy (non-hydrogen) atoms. The van der Waals surface area contributed by atoms with E-state index in [0.29, 0.717) is 6.42 Å². The Morgan fingerprint density at radius 2 is 1.84 bits per heavy atom. The Hall–Kier alpha value is -1.07. The fourth-order valence-corrected chi connectivity index (χ4v) is 3.61. The van der Waals surface area contributed by atoms with E-state index in [1.54, 1.807) is 7.11 Å². The summed E-state index contributed by atoms with van der Waals surface area (Å²) in [6.45, 7) is 4.59. The fraction of sp³-hybridized carbons (Fsp3) is 0.571. The average Bonchev–Trinajstić information content (AvgIpc) is 2.38. The zero-order valence-corrected chi connectivity index (χ0v) is 12.7. The summed E-state index contributed by atoms with van der Waals surface area (Å²) in [6, 6.07) is 7.37. The first-order chi connectivity index (χ1) is 9.02. The number of sulfone groups is 1. The molecular weight excluding hydrogens is 262 g/mol. The monoisotopic (exact) mass is 285 g/mol. The summed E-state index contributed by atoms with van der Waals surface area (Å²) < 4.78 is 29.0. The lowest BCUT2D eigenvalue weighted by Crippen LogP contribution is -2.29. The highest BCUT2D eigenvalue weighted by Gasteiger charge is 2.19. The third-order valence-electron chi connectivity index (χ3n) is 2.90. The Morgan fingerprint density at radius 3 is 2.32 bits per heavy atom. The molecule has 0 bridgehead atoms. The van der Waals surface area contributed by atoms with E-state index in [0.717, 1.165) is 17.9 Å². The molecule has 0 radical (unpaired) electrons. The first kappa shape index (κ1) is 16.0. The van der Waals surface area contributed by atoms with Crippen molar-refractivity contribution in [2.75, 3.05) is 25.2 Å². The van der Waals surface area contributed by atoms with Gasteiger partial charge < -0.3 is 10.1 Å². The molecule has 0 fully saturated rings. The van der Waals surface area contributed by atoms with Crippen LogP contribution >= 0.6 is 0 Å². The largest absolute Gasteiger partial charge is 0.497 e.